The third kappa shape index (κ3) is 3.06. The molecule has 7 heteroatoms. The van der Waals surface area contributed by atoms with E-state index in [9.17, 15) is 0 Å². The molecular formula is C12H7Cl2N3S2. The third-order valence-electron chi connectivity index (χ3n) is 2.27. The Morgan fingerprint density at radius 1 is 1.05 bits per heavy atom. The number of nitrogens with zero attached hydrogens (tertiary/aromatic N) is 2. The number of halogens is 2. The molecule has 0 saturated carbocycles. The lowest BCUT2D eigenvalue weighted by atomic mass is 10.3. The number of hydrogen-bond donors (Lipinski definition) is 1. The lowest BCUT2D eigenvalue weighted by Crippen LogP contribution is -1.89. The fourth-order valence-corrected chi connectivity index (χ4v) is 3.44. The number of nitrogens with one attached hydrogen (secondary N) is 1. The predicted octanol–water partition coefficient (Wildman–Crippen LogP) is 5.32. The van der Waals surface area contributed by atoms with E-state index < -0.39 is 0 Å². The molecule has 0 atom stereocenters. The van der Waals surface area contributed by atoms with E-state index >= 15 is 0 Å². The maximum Gasteiger partial charge on any atom is 0.187 e. The van der Waals surface area contributed by atoms with Crippen LogP contribution in [0.15, 0.2) is 35.2 Å². The fraction of sp³-hybridized carbons (Fsp3) is 0. The molecule has 0 saturated heterocycles. The second-order valence-corrected chi connectivity index (χ2v) is 6.28. The molecule has 0 fully saturated rings. The Morgan fingerprint density at radius 2 is 1.84 bits per heavy atom. The lowest BCUT2D eigenvalue weighted by molar-refractivity contribution is 1.33. The minimum absolute atomic E-state index is 0.590. The van der Waals surface area contributed by atoms with Gasteiger partial charge in [0.2, 0.25) is 0 Å². The summed E-state index contributed by atoms with van der Waals surface area (Å²) < 4.78 is 0. The molecule has 0 aliphatic heterocycles. The molecule has 0 amide bonds. The Hall–Kier alpha value is -1.14. The van der Waals surface area contributed by atoms with Gasteiger partial charge in [0.1, 0.15) is 10.7 Å². The second-order valence-electron chi connectivity index (χ2n) is 3.66. The molecule has 2 aromatic heterocycles. The van der Waals surface area contributed by atoms with Crippen molar-refractivity contribution in [1.82, 2.24) is 9.97 Å². The third-order valence-corrected chi connectivity index (χ3v) is 4.26. The molecule has 0 aliphatic carbocycles. The summed E-state index contributed by atoms with van der Waals surface area (Å²) in [5.41, 5.74) is 1.69. The molecule has 3 rings (SSSR count). The van der Waals surface area contributed by atoms with Crippen molar-refractivity contribution in [3.05, 3.63) is 45.2 Å². The fourth-order valence-electron chi connectivity index (χ4n) is 1.53. The van der Waals surface area contributed by atoms with Crippen LogP contribution in [0.4, 0.5) is 10.8 Å². The molecule has 0 aliphatic rings. The summed E-state index contributed by atoms with van der Waals surface area (Å²) in [4.78, 5) is 8.70. The highest BCUT2D eigenvalue weighted by atomic mass is 35.5. The van der Waals surface area contributed by atoms with E-state index in [1.807, 2.05) is 10.8 Å². The lowest BCUT2D eigenvalue weighted by Gasteiger charge is -2.03. The van der Waals surface area contributed by atoms with Crippen molar-refractivity contribution in [2.24, 2.45) is 0 Å². The molecular weight excluding hydrogens is 321 g/mol. The second kappa shape index (κ2) is 5.46. The van der Waals surface area contributed by atoms with Crippen LogP contribution >= 0.6 is 45.9 Å². The van der Waals surface area contributed by atoms with E-state index in [0.29, 0.717) is 10.0 Å². The maximum absolute atomic E-state index is 5.95. The molecule has 19 heavy (non-hydrogen) atoms. The first-order valence-electron chi connectivity index (χ1n) is 5.29. The summed E-state index contributed by atoms with van der Waals surface area (Å²) in [5.74, 6) is 0. The van der Waals surface area contributed by atoms with Gasteiger partial charge in [0.25, 0.3) is 0 Å². The molecule has 0 unspecified atom stereocenters. The van der Waals surface area contributed by atoms with Crippen molar-refractivity contribution >= 4 is 56.7 Å². The Morgan fingerprint density at radius 3 is 2.53 bits per heavy atom. The number of rotatable bonds is 3. The average molecular weight is 328 g/mol. The van der Waals surface area contributed by atoms with Crippen LogP contribution in [0.3, 0.4) is 0 Å². The first-order chi connectivity index (χ1) is 9.20. The van der Waals surface area contributed by atoms with Gasteiger partial charge in [-0.25, -0.2) is 9.97 Å². The van der Waals surface area contributed by atoms with Crippen LogP contribution in [0.1, 0.15) is 0 Å². The number of benzene rings is 1. The zero-order valence-electron chi connectivity index (χ0n) is 9.43. The summed E-state index contributed by atoms with van der Waals surface area (Å²) >= 11 is 15.0. The van der Waals surface area contributed by atoms with Crippen molar-refractivity contribution in [2.75, 3.05) is 5.32 Å². The minimum Gasteiger partial charge on any atom is -0.331 e. The van der Waals surface area contributed by atoms with Gasteiger partial charge in [-0.1, -0.05) is 23.2 Å². The first kappa shape index (κ1) is 12.9. The summed E-state index contributed by atoms with van der Waals surface area (Å²) in [5, 5.41) is 9.95. The molecule has 3 nitrogen and oxygen atoms in total. The topological polar surface area (TPSA) is 37.8 Å². The highest BCUT2D eigenvalue weighted by Crippen LogP contribution is 2.30. The van der Waals surface area contributed by atoms with Gasteiger partial charge >= 0.3 is 0 Å². The van der Waals surface area contributed by atoms with E-state index in [0.717, 1.165) is 21.5 Å². The molecule has 0 radical (unpaired) electrons. The Kier molecular flexibility index (Phi) is 3.70. The van der Waals surface area contributed by atoms with Crippen molar-refractivity contribution in [1.29, 1.82) is 0 Å². The van der Waals surface area contributed by atoms with Gasteiger partial charge in [0.05, 0.1) is 0 Å². The SMILES string of the molecule is Clc1cc(Cl)cc(Nc2nc(-c3nccs3)cs2)c1. The summed E-state index contributed by atoms with van der Waals surface area (Å²) in [6, 6.07) is 5.30. The standard InChI is InChI=1S/C12H7Cl2N3S2/c13-7-3-8(14)5-9(4-7)16-12-17-10(6-19-12)11-15-1-2-18-11/h1-6H,(H,16,17). The number of aromatic nitrogens is 2. The zero-order valence-corrected chi connectivity index (χ0v) is 12.6. The van der Waals surface area contributed by atoms with Crippen LogP contribution in [0.2, 0.25) is 10.0 Å². The van der Waals surface area contributed by atoms with Gasteiger partial charge in [-0.05, 0) is 18.2 Å². The van der Waals surface area contributed by atoms with Gasteiger partial charge in [0.15, 0.2) is 5.13 Å². The Balaban J connectivity index is 1.84. The number of anilines is 2. The molecule has 0 bridgehead atoms. The monoisotopic (exact) mass is 327 g/mol. The molecule has 1 N–H and O–H groups in total. The molecule has 2 heterocycles. The molecule has 96 valence electrons. The summed E-state index contributed by atoms with van der Waals surface area (Å²) in [7, 11) is 0. The highest BCUT2D eigenvalue weighted by molar-refractivity contribution is 7.15. The Bertz CT molecular complexity index is 675. The van der Waals surface area contributed by atoms with E-state index in [1.165, 1.54) is 11.3 Å². The van der Waals surface area contributed by atoms with Crippen LogP contribution in [0.25, 0.3) is 10.7 Å². The molecule has 0 spiro atoms. The van der Waals surface area contributed by atoms with E-state index in [1.54, 1.807) is 35.7 Å². The van der Waals surface area contributed by atoms with Crippen LogP contribution < -0.4 is 5.32 Å². The van der Waals surface area contributed by atoms with Crippen LogP contribution in [-0.2, 0) is 0 Å². The first-order valence-corrected chi connectivity index (χ1v) is 7.81. The average Bonchev–Trinajstić information content (AvgIpc) is 2.96. The number of hydrogen-bond acceptors (Lipinski definition) is 5. The Labute approximate surface area is 127 Å². The smallest absolute Gasteiger partial charge is 0.187 e. The van der Waals surface area contributed by atoms with Crippen molar-refractivity contribution < 1.29 is 0 Å². The maximum atomic E-state index is 5.95. The van der Waals surface area contributed by atoms with Gasteiger partial charge in [0, 0.05) is 32.7 Å². The van der Waals surface area contributed by atoms with Gasteiger partial charge < -0.3 is 5.32 Å². The van der Waals surface area contributed by atoms with E-state index in [2.05, 4.69) is 15.3 Å². The predicted molar refractivity (Wildman–Crippen MR) is 83.0 cm³/mol. The summed E-state index contributed by atoms with van der Waals surface area (Å²) in [6.45, 7) is 0. The van der Waals surface area contributed by atoms with Crippen LogP contribution in [0, 0.1) is 0 Å². The van der Waals surface area contributed by atoms with Gasteiger partial charge in [-0.2, -0.15) is 0 Å². The highest BCUT2D eigenvalue weighted by Gasteiger charge is 2.07. The van der Waals surface area contributed by atoms with Crippen LogP contribution in [0.5, 0.6) is 0 Å². The molecule has 3 aromatic rings. The van der Waals surface area contributed by atoms with Gasteiger partial charge in [-0.15, -0.1) is 22.7 Å². The van der Waals surface area contributed by atoms with Crippen LogP contribution in [-0.4, -0.2) is 9.97 Å². The van der Waals surface area contributed by atoms with Crippen molar-refractivity contribution in [2.45, 2.75) is 0 Å². The van der Waals surface area contributed by atoms with Crippen molar-refractivity contribution in [3.8, 4) is 10.7 Å². The largest absolute Gasteiger partial charge is 0.331 e. The quantitative estimate of drug-likeness (QED) is 0.707. The van der Waals surface area contributed by atoms with Crippen molar-refractivity contribution in [3.63, 3.8) is 0 Å². The van der Waals surface area contributed by atoms with Gasteiger partial charge in [-0.3, -0.25) is 0 Å². The van der Waals surface area contributed by atoms with E-state index in [-0.39, 0.29) is 0 Å². The minimum atomic E-state index is 0.590. The normalized spacial score (nSPS) is 10.6. The van der Waals surface area contributed by atoms with E-state index in [4.69, 9.17) is 23.2 Å². The number of thiazole rings is 2. The summed E-state index contributed by atoms with van der Waals surface area (Å²) in [6.07, 6.45) is 1.77. The zero-order chi connectivity index (χ0) is 13.2. The molecule has 1 aromatic carbocycles.